The van der Waals surface area contributed by atoms with Crippen LogP contribution in [0.25, 0.3) is 0 Å². The third-order valence-corrected chi connectivity index (χ3v) is 5.94. The van der Waals surface area contributed by atoms with Crippen molar-refractivity contribution in [2.45, 2.75) is 45.6 Å². The van der Waals surface area contributed by atoms with Crippen LogP contribution in [0.1, 0.15) is 37.4 Å². The summed E-state index contributed by atoms with van der Waals surface area (Å²) >= 11 is 0. The van der Waals surface area contributed by atoms with E-state index in [0.717, 1.165) is 6.42 Å². The van der Waals surface area contributed by atoms with Crippen LogP contribution in [0.5, 0.6) is 0 Å². The lowest BCUT2D eigenvalue weighted by Crippen LogP contribution is -2.42. The predicted octanol–water partition coefficient (Wildman–Crippen LogP) is 2.06. The Hall–Kier alpha value is -0.850. The fraction of sp³-hybridized carbons (Fsp3) is 0.714. The van der Waals surface area contributed by atoms with Gasteiger partial charge in [0, 0.05) is 18.7 Å². The zero-order chi connectivity index (χ0) is 15.1. The Morgan fingerprint density at radius 3 is 2.25 bits per heavy atom. The maximum absolute atomic E-state index is 12.8. The molecule has 0 aromatic carbocycles. The van der Waals surface area contributed by atoms with Gasteiger partial charge in [-0.3, -0.25) is 0 Å². The molecule has 0 aliphatic carbocycles. The smallest absolute Gasteiger partial charge is 0.246 e. The summed E-state index contributed by atoms with van der Waals surface area (Å²) < 4.78 is 32.6. The number of hydrogen-bond donors (Lipinski definition) is 1. The van der Waals surface area contributed by atoms with Gasteiger partial charge in [0.2, 0.25) is 10.0 Å². The molecule has 0 spiro atoms. The first-order valence-electron chi connectivity index (χ1n) is 6.97. The molecular formula is C14H23NO4S. The van der Waals surface area contributed by atoms with Gasteiger partial charge in [-0.05, 0) is 32.1 Å². The van der Waals surface area contributed by atoms with Crippen molar-refractivity contribution in [1.82, 2.24) is 4.31 Å². The van der Waals surface area contributed by atoms with E-state index in [1.807, 2.05) is 0 Å². The Morgan fingerprint density at radius 2 is 1.75 bits per heavy atom. The van der Waals surface area contributed by atoms with Gasteiger partial charge in [0.1, 0.15) is 16.4 Å². The van der Waals surface area contributed by atoms with Crippen LogP contribution in [-0.4, -0.2) is 30.9 Å². The Balaban J connectivity index is 2.45. The summed E-state index contributed by atoms with van der Waals surface area (Å²) in [7, 11) is -3.60. The second kappa shape index (κ2) is 5.50. The predicted molar refractivity (Wildman–Crippen MR) is 75.8 cm³/mol. The Labute approximate surface area is 120 Å². The Bertz CT molecular complexity index is 581. The van der Waals surface area contributed by atoms with Crippen molar-refractivity contribution < 1.29 is 17.9 Å². The zero-order valence-electron chi connectivity index (χ0n) is 12.5. The number of piperidine rings is 1. The second-order valence-corrected chi connectivity index (χ2v) is 7.82. The molecule has 114 valence electrons. The van der Waals surface area contributed by atoms with Crippen LogP contribution in [0, 0.1) is 25.7 Å². The van der Waals surface area contributed by atoms with E-state index >= 15 is 0 Å². The summed E-state index contributed by atoms with van der Waals surface area (Å²) in [5.41, 5.74) is 0.383. The van der Waals surface area contributed by atoms with Crippen LogP contribution in [0.4, 0.5) is 0 Å². The molecule has 0 bridgehead atoms. The zero-order valence-corrected chi connectivity index (χ0v) is 13.3. The first-order valence-corrected chi connectivity index (χ1v) is 8.41. The molecule has 2 heterocycles. The quantitative estimate of drug-likeness (QED) is 0.927. The summed E-state index contributed by atoms with van der Waals surface area (Å²) in [5, 5.41) is 9.44. The maximum atomic E-state index is 12.8. The number of nitrogens with zero attached hydrogens (tertiary/aromatic N) is 1. The first kappa shape index (κ1) is 15.5. The van der Waals surface area contributed by atoms with E-state index in [0.29, 0.717) is 42.0 Å². The molecule has 5 nitrogen and oxygen atoms in total. The van der Waals surface area contributed by atoms with Gasteiger partial charge in [-0.1, -0.05) is 13.8 Å². The number of aryl methyl sites for hydroxylation is 2. The number of hydrogen-bond acceptors (Lipinski definition) is 4. The Morgan fingerprint density at radius 1 is 1.20 bits per heavy atom. The van der Waals surface area contributed by atoms with E-state index in [1.54, 1.807) is 13.8 Å². The summed E-state index contributed by atoms with van der Waals surface area (Å²) in [6, 6.07) is 0. The summed E-state index contributed by atoms with van der Waals surface area (Å²) in [6.07, 6.45) is 1.04. The highest BCUT2D eigenvalue weighted by atomic mass is 32.2. The lowest BCUT2D eigenvalue weighted by molar-refractivity contribution is 0.222. The van der Waals surface area contributed by atoms with E-state index in [9.17, 15) is 13.5 Å². The number of aliphatic hydroxyl groups excluding tert-OH is 1. The highest BCUT2D eigenvalue weighted by molar-refractivity contribution is 7.89. The average molecular weight is 301 g/mol. The third-order valence-electron chi connectivity index (χ3n) is 3.92. The minimum absolute atomic E-state index is 0.152. The van der Waals surface area contributed by atoms with Crippen LogP contribution < -0.4 is 0 Å². The van der Waals surface area contributed by atoms with Gasteiger partial charge < -0.3 is 9.52 Å². The molecule has 0 amide bonds. The van der Waals surface area contributed by atoms with Gasteiger partial charge in [0.15, 0.2) is 0 Å². The van der Waals surface area contributed by atoms with Crippen LogP contribution in [0.15, 0.2) is 9.31 Å². The topological polar surface area (TPSA) is 70.8 Å². The molecule has 2 atom stereocenters. The third kappa shape index (κ3) is 2.64. The molecule has 1 aliphatic heterocycles. The fourth-order valence-corrected chi connectivity index (χ4v) is 5.25. The van der Waals surface area contributed by atoms with E-state index in [2.05, 4.69) is 13.8 Å². The van der Waals surface area contributed by atoms with Crippen molar-refractivity contribution in [3.8, 4) is 0 Å². The molecule has 1 saturated heterocycles. The minimum atomic E-state index is -3.60. The van der Waals surface area contributed by atoms with Gasteiger partial charge in [-0.25, -0.2) is 8.42 Å². The number of sulfonamides is 1. The van der Waals surface area contributed by atoms with Crippen LogP contribution in [0.3, 0.4) is 0 Å². The lowest BCUT2D eigenvalue weighted by Gasteiger charge is -2.34. The number of furan rings is 1. The van der Waals surface area contributed by atoms with Gasteiger partial charge in [0.05, 0.1) is 6.61 Å². The maximum Gasteiger partial charge on any atom is 0.246 e. The first-order chi connectivity index (χ1) is 9.27. The van der Waals surface area contributed by atoms with E-state index in [1.165, 1.54) is 4.31 Å². The standard InChI is InChI=1S/C14H23NO4S/c1-9-5-10(2)7-15(6-9)20(17,18)14-12(4)19-11(3)13(14)8-16/h9-10,16H,5-8H2,1-4H3. The molecule has 20 heavy (non-hydrogen) atoms. The number of aliphatic hydroxyl groups is 1. The molecule has 1 aromatic rings. The molecule has 1 fully saturated rings. The molecule has 0 radical (unpaired) electrons. The van der Waals surface area contributed by atoms with Crippen molar-refractivity contribution in [3.63, 3.8) is 0 Å². The Kier molecular flexibility index (Phi) is 4.27. The van der Waals surface area contributed by atoms with Crippen molar-refractivity contribution in [2.75, 3.05) is 13.1 Å². The second-order valence-electron chi connectivity index (χ2n) is 5.95. The summed E-state index contributed by atoms with van der Waals surface area (Å²) in [6.45, 7) is 8.19. The number of rotatable bonds is 3. The van der Waals surface area contributed by atoms with Crippen molar-refractivity contribution >= 4 is 10.0 Å². The van der Waals surface area contributed by atoms with Crippen molar-refractivity contribution in [3.05, 3.63) is 17.1 Å². The van der Waals surface area contributed by atoms with Gasteiger partial charge >= 0.3 is 0 Å². The molecule has 1 aromatic heterocycles. The monoisotopic (exact) mass is 301 g/mol. The fourth-order valence-electron chi connectivity index (χ4n) is 3.16. The van der Waals surface area contributed by atoms with E-state index in [-0.39, 0.29) is 11.5 Å². The van der Waals surface area contributed by atoms with Gasteiger partial charge in [0.25, 0.3) is 0 Å². The normalized spacial score (nSPS) is 25.1. The van der Waals surface area contributed by atoms with Crippen LogP contribution in [0.2, 0.25) is 0 Å². The SMILES string of the molecule is Cc1oc(C)c(S(=O)(=O)N2CC(C)CC(C)C2)c1CO. The molecule has 2 unspecified atom stereocenters. The van der Waals surface area contributed by atoms with Crippen LogP contribution >= 0.6 is 0 Å². The largest absolute Gasteiger partial charge is 0.465 e. The summed E-state index contributed by atoms with van der Waals surface area (Å²) in [5.74, 6) is 1.53. The highest BCUT2D eigenvalue weighted by Crippen LogP contribution is 2.32. The minimum Gasteiger partial charge on any atom is -0.465 e. The molecule has 1 aliphatic rings. The highest BCUT2D eigenvalue weighted by Gasteiger charge is 2.36. The molecular weight excluding hydrogens is 278 g/mol. The molecule has 2 rings (SSSR count). The van der Waals surface area contributed by atoms with Crippen molar-refractivity contribution in [2.24, 2.45) is 11.8 Å². The average Bonchev–Trinajstić information content (AvgIpc) is 2.62. The molecule has 6 heteroatoms. The molecule has 1 N–H and O–H groups in total. The van der Waals surface area contributed by atoms with Crippen molar-refractivity contribution in [1.29, 1.82) is 0 Å². The van der Waals surface area contributed by atoms with Gasteiger partial charge in [-0.2, -0.15) is 4.31 Å². The summed E-state index contributed by atoms with van der Waals surface area (Å²) in [4.78, 5) is 0.152. The lowest BCUT2D eigenvalue weighted by atomic mass is 9.94. The van der Waals surface area contributed by atoms with Gasteiger partial charge in [-0.15, -0.1) is 0 Å². The van der Waals surface area contributed by atoms with E-state index < -0.39 is 10.0 Å². The molecule has 0 saturated carbocycles. The van der Waals surface area contributed by atoms with Crippen LogP contribution in [-0.2, 0) is 16.6 Å². The van der Waals surface area contributed by atoms with E-state index in [4.69, 9.17) is 4.42 Å².